The molecule has 2 aromatic heterocycles. The van der Waals surface area contributed by atoms with Crippen LogP contribution in [-0.4, -0.2) is 29.7 Å². The summed E-state index contributed by atoms with van der Waals surface area (Å²) in [6.07, 6.45) is 0.0949. The highest BCUT2D eigenvalue weighted by Crippen LogP contribution is 2.31. The Kier molecular flexibility index (Phi) is 3.43. The SMILES string of the molecule is Cc1nc(-c2csc(C3CNCCO3)n2)c(C)s1. The maximum Gasteiger partial charge on any atom is 0.124 e. The fourth-order valence-electron chi connectivity index (χ4n) is 2.03. The molecular formula is C12H15N3OS2. The topological polar surface area (TPSA) is 47.0 Å². The first-order chi connectivity index (χ1) is 8.74. The number of nitrogens with one attached hydrogen (secondary N) is 1. The number of ether oxygens (including phenoxy) is 1. The molecule has 1 N–H and O–H groups in total. The smallest absolute Gasteiger partial charge is 0.124 e. The first-order valence-corrected chi connectivity index (χ1v) is 7.66. The van der Waals surface area contributed by atoms with Gasteiger partial charge in [0.05, 0.1) is 11.6 Å². The van der Waals surface area contributed by atoms with Crippen LogP contribution in [0.1, 0.15) is 21.0 Å². The molecule has 4 nitrogen and oxygen atoms in total. The predicted octanol–water partition coefficient (Wildman–Crippen LogP) is 2.54. The van der Waals surface area contributed by atoms with Gasteiger partial charge in [-0.15, -0.1) is 22.7 Å². The molecule has 0 spiro atoms. The van der Waals surface area contributed by atoms with E-state index >= 15 is 0 Å². The average Bonchev–Trinajstić information content (AvgIpc) is 2.97. The van der Waals surface area contributed by atoms with Crippen LogP contribution >= 0.6 is 22.7 Å². The Hall–Kier alpha value is -0.820. The van der Waals surface area contributed by atoms with E-state index in [9.17, 15) is 0 Å². The largest absolute Gasteiger partial charge is 0.368 e. The van der Waals surface area contributed by atoms with E-state index in [-0.39, 0.29) is 6.10 Å². The Labute approximate surface area is 114 Å². The van der Waals surface area contributed by atoms with Gasteiger partial charge in [-0.05, 0) is 13.8 Å². The van der Waals surface area contributed by atoms with Crippen molar-refractivity contribution in [2.75, 3.05) is 19.7 Å². The van der Waals surface area contributed by atoms with Gasteiger partial charge in [-0.2, -0.15) is 0 Å². The summed E-state index contributed by atoms with van der Waals surface area (Å²) in [5.74, 6) is 0. The molecule has 1 unspecified atom stereocenters. The summed E-state index contributed by atoms with van der Waals surface area (Å²) in [4.78, 5) is 10.4. The lowest BCUT2D eigenvalue weighted by molar-refractivity contribution is 0.0276. The van der Waals surface area contributed by atoms with Gasteiger partial charge in [-0.25, -0.2) is 9.97 Å². The van der Waals surface area contributed by atoms with Gasteiger partial charge in [0.2, 0.25) is 0 Å². The second-order valence-electron chi connectivity index (χ2n) is 4.27. The summed E-state index contributed by atoms with van der Waals surface area (Å²) >= 11 is 3.38. The third-order valence-electron chi connectivity index (χ3n) is 2.87. The summed E-state index contributed by atoms with van der Waals surface area (Å²) in [6, 6.07) is 0. The third kappa shape index (κ3) is 2.33. The minimum atomic E-state index is 0.0949. The normalized spacial score (nSPS) is 20.2. The Bertz CT molecular complexity index is 543. The molecule has 6 heteroatoms. The van der Waals surface area contributed by atoms with E-state index in [1.807, 2.05) is 6.92 Å². The molecular weight excluding hydrogens is 266 g/mol. The number of rotatable bonds is 2. The van der Waals surface area contributed by atoms with Crippen molar-refractivity contribution >= 4 is 22.7 Å². The number of hydrogen-bond donors (Lipinski definition) is 1. The number of nitrogens with zero attached hydrogens (tertiary/aromatic N) is 2. The fraction of sp³-hybridized carbons (Fsp3) is 0.500. The highest BCUT2D eigenvalue weighted by atomic mass is 32.1. The van der Waals surface area contributed by atoms with E-state index in [0.29, 0.717) is 0 Å². The van der Waals surface area contributed by atoms with Crippen molar-refractivity contribution in [2.24, 2.45) is 0 Å². The number of thiazole rings is 2. The fourth-order valence-corrected chi connectivity index (χ4v) is 3.71. The zero-order valence-corrected chi connectivity index (χ0v) is 12.0. The van der Waals surface area contributed by atoms with Crippen LogP contribution in [0.25, 0.3) is 11.4 Å². The lowest BCUT2D eigenvalue weighted by atomic mass is 10.3. The van der Waals surface area contributed by atoms with Gasteiger partial charge in [0.1, 0.15) is 22.5 Å². The van der Waals surface area contributed by atoms with E-state index in [1.54, 1.807) is 22.7 Å². The summed E-state index contributed by atoms with van der Waals surface area (Å²) in [6.45, 7) is 6.66. The van der Waals surface area contributed by atoms with E-state index in [4.69, 9.17) is 4.74 Å². The molecule has 0 aromatic carbocycles. The van der Waals surface area contributed by atoms with Crippen molar-refractivity contribution in [2.45, 2.75) is 20.0 Å². The molecule has 18 heavy (non-hydrogen) atoms. The molecule has 1 aliphatic rings. The van der Waals surface area contributed by atoms with Crippen molar-refractivity contribution in [3.05, 3.63) is 20.3 Å². The molecule has 1 atom stereocenters. The van der Waals surface area contributed by atoms with Gasteiger partial charge in [-0.1, -0.05) is 0 Å². The molecule has 0 bridgehead atoms. The molecule has 3 rings (SSSR count). The average molecular weight is 281 g/mol. The quantitative estimate of drug-likeness (QED) is 0.919. The molecule has 1 aliphatic heterocycles. The Morgan fingerprint density at radius 3 is 2.94 bits per heavy atom. The predicted molar refractivity (Wildman–Crippen MR) is 74.3 cm³/mol. The molecule has 2 aromatic rings. The minimum Gasteiger partial charge on any atom is -0.368 e. The van der Waals surface area contributed by atoms with E-state index in [1.165, 1.54) is 4.88 Å². The van der Waals surface area contributed by atoms with Gasteiger partial charge in [0.25, 0.3) is 0 Å². The zero-order chi connectivity index (χ0) is 12.5. The summed E-state index contributed by atoms with van der Waals surface area (Å²) in [5, 5.41) is 7.54. The Morgan fingerprint density at radius 2 is 2.28 bits per heavy atom. The van der Waals surface area contributed by atoms with Crippen LogP contribution < -0.4 is 5.32 Å². The molecule has 1 fully saturated rings. The van der Waals surface area contributed by atoms with Crippen molar-refractivity contribution in [3.8, 4) is 11.4 Å². The van der Waals surface area contributed by atoms with Crippen molar-refractivity contribution in [3.63, 3.8) is 0 Å². The number of hydrogen-bond acceptors (Lipinski definition) is 6. The summed E-state index contributed by atoms with van der Waals surface area (Å²) in [5.41, 5.74) is 2.00. The molecule has 3 heterocycles. The van der Waals surface area contributed by atoms with Crippen LogP contribution in [0, 0.1) is 13.8 Å². The molecule has 0 amide bonds. The monoisotopic (exact) mass is 281 g/mol. The molecule has 0 aliphatic carbocycles. The van der Waals surface area contributed by atoms with Crippen molar-refractivity contribution < 1.29 is 4.74 Å². The van der Waals surface area contributed by atoms with Gasteiger partial charge in [-0.3, -0.25) is 0 Å². The van der Waals surface area contributed by atoms with Gasteiger partial charge < -0.3 is 10.1 Å². The third-order valence-corrected chi connectivity index (χ3v) is 4.69. The van der Waals surface area contributed by atoms with E-state index in [2.05, 4.69) is 27.6 Å². The van der Waals surface area contributed by atoms with Gasteiger partial charge in [0, 0.05) is 23.3 Å². The maximum atomic E-state index is 5.72. The lowest BCUT2D eigenvalue weighted by Gasteiger charge is -2.21. The first-order valence-electron chi connectivity index (χ1n) is 5.96. The standard InChI is InChI=1S/C12H15N3OS2/c1-7-11(14-8(2)18-7)9-6-17-12(15-9)10-5-13-3-4-16-10/h6,10,13H,3-5H2,1-2H3. The van der Waals surface area contributed by atoms with Gasteiger partial charge in [0.15, 0.2) is 0 Å². The van der Waals surface area contributed by atoms with Gasteiger partial charge >= 0.3 is 0 Å². The van der Waals surface area contributed by atoms with Crippen LogP contribution in [0.5, 0.6) is 0 Å². The molecule has 96 valence electrons. The highest BCUT2D eigenvalue weighted by molar-refractivity contribution is 7.12. The first kappa shape index (κ1) is 12.2. The highest BCUT2D eigenvalue weighted by Gasteiger charge is 2.20. The van der Waals surface area contributed by atoms with Crippen molar-refractivity contribution in [1.29, 1.82) is 0 Å². The van der Waals surface area contributed by atoms with E-state index in [0.717, 1.165) is 41.1 Å². The minimum absolute atomic E-state index is 0.0949. The lowest BCUT2D eigenvalue weighted by Crippen LogP contribution is -2.33. The summed E-state index contributed by atoms with van der Waals surface area (Å²) in [7, 11) is 0. The van der Waals surface area contributed by atoms with Crippen LogP contribution in [0.3, 0.4) is 0 Å². The second-order valence-corrected chi connectivity index (χ2v) is 6.57. The molecule has 1 saturated heterocycles. The second kappa shape index (κ2) is 5.05. The van der Waals surface area contributed by atoms with Crippen LogP contribution in [0.4, 0.5) is 0 Å². The van der Waals surface area contributed by atoms with Crippen LogP contribution in [0.2, 0.25) is 0 Å². The molecule has 0 saturated carbocycles. The number of morpholine rings is 1. The van der Waals surface area contributed by atoms with Crippen molar-refractivity contribution in [1.82, 2.24) is 15.3 Å². The van der Waals surface area contributed by atoms with Crippen LogP contribution in [-0.2, 0) is 4.74 Å². The molecule has 0 radical (unpaired) electrons. The number of aryl methyl sites for hydroxylation is 2. The van der Waals surface area contributed by atoms with Crippen LogP contribution in [0.15, 0.2) is 5.38 Å². The van der Waals surface area contributed by atoms with E-state index < -0.39 is 0 Å². The Morgan fingerprint density at radius 1 is 1.39 bits per heavy atom. The zero-order valence-electron chi connectivity index (χ0n) is 10.4. The Balaban J connectivity index is 1.86. The maximum absolute atomic E-state index is 5.72. The summed E-state index contributed by atoms with van der Waals surface area (Å²) < 4.78 is 5.72. The number of aromatic nitrogens is 2.